The Balaban J connectivity index is 2.02. The topological polar surface area (TPSA) is 115 Å². The lowest BCUT2D eigenvalue weighted by Gasteiger charge is -2.32. The minimum atomic E-state index is -0.686. The molecule has 0 atom stereocenters. The molecule has 0 aromatic heterocycles. The number of carbonyl (C=O) groups is 6. The first kappa shape index (κ1) is 27.5. The first-order valence-electron chi connectivity index (χ1n) is 11.6. The van der Waals surface area contributed by atoms with Gasteiger partial charge in [-0.1, -0.05) is 36.4 Å². The van der Waals surface area contributed by atoms with Crippen LogP contribution in [0.25, 0.3) is 0 Å². The van der Waals surface area contributed by atoms with Gasteiger partial charge in [-0.05, 0) is 48.5 Å². The van der Waals surface area contributed by atoms with Crippen molar-refractivity contribution < 1.29 is 28.8 Å². The molecule has 0 saturated heterocycles. The van der Waals surface area contributed by atoms with Gasteiger partial charge < -0.3 is 0 Å². The molecule has 0 unspecified atom stereocenters. The lowest BCUT2D eigenvalue weighted by Crippen LogP contribution is -2.52. The Morgan fingerprint density at radius 1 is 0.421 bits per heavy atom. The van der Waals surface area contributed by atoms with E-state index in [1.54, 1.807) is 60.7 Å². The highest BCUT2D eigenvalue weighted by molar-refractivity contribution is 6.13. The van der Waals surface area contributed by atoms with Gasteiger partial charge in [-0.15, -0.1) is 0 Å². The number of amides is 6. The summed E-state index contributed by atoms with van der Waals surface area (Å²) in [6.45, 7) is 4.67. The Kier molecular flexibility index (Phi) is 8.49. The molecular weight excluding hydrogens is 488 g/mol. The van der Waals surface area contributed by atoms with Crippen molar-refractivity contribution in [2.45, 2.75) is 27.7 Å². The van der Waals surface area contributed by atoms with Crippen LogP contribution in [-0.4, -0.2) is 45.5 Å². The monoisotopic (exact) mass is 514 g/mol. The van der Waals surface area contributed by atoms with E-state index < -0.39 is 35.4 Å². The van der Waals surface area contributed by atoms with Crippen molar-refractivity contribution in [2.24, 2.45) is 0 Å². The zero-order valence-electron chi connectivity index (χ0n) is 21.3. The van der Waals surface area contributed by atoms with Crippen LogP contribution in [0.1, 0.15) is 48.4 Å². The fourth-order valence-electron chi connectivity index (χ4n) is 3.79. The second-order valence-electron chi connectivity index (χ2n) is 8.18. The average Bonchev–Trinajstić information content (AvgIpc) is 2.89. The molecule has 0 aliphatic carbocycles. The summed E-state index contributed by atoms with van der Waals surface area (Å²) in [6, 6.07) is 21.8. The third-order valence-corrected chi connectivity index (χ3v) is 5.36. The second kappa shape index (κ2) is 11.7. The number of anilines is 2. The van der Waals surface area contributed by atoms with E-state index in [0.717, 1.165) is 20.0 Å². The van der Waals surface area contributed by atoms with E-state index in [9.17, 15) is 28.8 Å². The zero-order valence-corrected chi connectivity index (χ0v) is 21.3. The first-order chi connectivity index (χ1) is 18.0. The predicted octanol–water partition coefficient (Wildman–Crippen LogP) is 3.60. The molecule has 38 heavy (non-hydrogen) atoms. The number of para-hydroxylation sites is 2. The van der Waals surface area contributed by atoms with Gasteiger partial charge in [-0.2, -0.15) is 10.0 Å². The van der Waals surface area contributed by atoms with Crippen LogP contribution < -0.4 is 10.0 Å². The van der Waals surface area contributed by atoms with E-state index in [0.29, 0.717) is 0 Å². The lowest BCUT2D eigenvalue weighted by molar-refractivity contribution is -0.143. The number of hydrogen-bond donors (Lipinski definition) is 0. The smallest absolute Gasteiger partial charge is 0.273 e. The van der Waals surface area contributed by atoms with Gasteiger partial charge in [0, 0.05) is 38.8 Å². The van der Waals surface area contributed by atoms with Crippen LogP contribution in [0.15, 0.2) is 84.9 Å². The average molecular weight is 515 g/mol. The SMILES string of the molecule is CC(=O)N(C(C)=O)N(C(=O)c1ccc(C(=O)N(c2ccccc2)N(C(C)=O)C(C)=O)cc1)c1ccccc1. The zero-order chi connectivity index (χ0) is 28.0. The normalized spacial score (nSPS) is 10.2. The molecular formula is C28H26N4O6. The third kappa shape index (κ3) is 5.81. The molecule has 0 aliphatic rings. The van der Waals surface area contributed by atoms with E-state index >= 15 is 0 Å². The van der Waals surface area contributed by atoms with E-state index in [1.807, 2.05) is 0 Å². The number of benzene rings is 3. The van der Waals surface area contributed by atoms with E-state index in [1.165, 1.54) is 52.0 Å². The minimum absolute atomic E-state index is 0.0826. The van der Waals surface area contributed by atoms with Crippen LogP contribution in [0.4, 0.5) is 11.4 Å². The summed E-state index contributed by atoms with van der Waals surface area (Å²) in [5.74, 6) is -4.01. The molecule has 3 aromatic carbocycles. The van der Waals surface area contributed by atoms with Gasteiger partial charge in [0.15, 0.2) is 0 Å². The highest BCUT2D eigenvalue weighted by atomic mass is 16.2. The number of rotatable bonds is 4. The molecule has 0 fully saturated rings. The van der Waals surface area contributed by atoms with Gasteiger partial charge in [-0.3, -0.25) is 28.8 Å². The fourth-order valence-corrected chi connectivity index (χ4v) is 3.79. The molecule has 10 heteroatoms. The Bertz CT molecular complexity index is 1240. The summed E-state index contributed by atoms with van der Waals surface area (Å²) in [6.07, 6.45) is 0. The largest absolute Gasteiger partial charge is 0.277 e. The van der Waals surface area contributed by atoms with Crippen molar-refractivity contribution >= 4 is 46.8 Å². The van der Waals surface area contributed by atoms with Crippen LogP contribution in [0.2, 0.25) is 0 Å². The lowest BCUT2D eigenvalue weighted by atomic mass is 10.1. The number of hydrazine groups is 2. The molecule has 3 rings (SSSR count). The summed E-state index contributed by atoms with van der Waals surface area (Å²) >= 11 is 0. The van der Waals surface area contributed by atoms with Gasteiger partial charge in [0.05, 0.1) is 11.4 Å². The number of nitrogens with zero attached hydrogens (tertiary/aromatic N) is 4. The van der Waals surface area contributed by atoms with Gasteiger partial charge >= 0.3 is 0 Å². The van der Waals surface area contributed by atoms with Crippen LogP contribution in [0, 0.1) is 0 Å². The van der Waals surface area contributed by atoms with Crippen molar-refractivity contribution in [3.63, 3.8) is 0 Å². The Morgan fingerprint density at radius 2 is 0.684 bits per heavy atom. The van der Waals surface area contributed by atoms with Crippen LogP contribution in [0.5, 0.6) is 0 Å². The van der Waals surface area contributed by atoms with Crippen LogP contribution >= 0.6 is 0 Å². The quantitative estimate of drug-likeness (QED) is 0.492. The highest BCUT2D eigenvalue weighted by Crippen LogP contribution is 2.23. The van der Waals surface area contributed by atoms with E-state index in [4.69, 9.17) is 0 Å². The van der Waals surface area contributed by atoms with E-state index in [-0.39, 0.29) is 22.5 Å². The Hall–Kier alpha value is -5.12. The maximum Gasteiger partial charge on any atom is 0.277 e. The Labute approximate surface area is 219 Å². The summed E-state index contributed by atoms with van der Waals surface area (Å²) < 4.78 is 0. The molecule has 0 heterocycles. The molecule has 194 valence electrons. The molecule has 0 aliphatic heterocycles. The number of hydrogen-bond acceptors (Lipinski definition) is 6. The van der Waals surface area contributed by atoms with Crippen molar-refractivity contribution in [3.05, 3.63) is 96.1 Å². The first-order valence-corrected chi connectivity index (χ1v) is 11.6. The van der Waals surface area contributed by atoms with Crippen LogP contribution in [0.3, 0.4) is 0 Å². The molecule has 10 nitrogen and oxygen atoms in total. The van der Waals surface area contributed by atoms with Gasteiger partial charge in [0.2, 0.25) is 23.6 Å². The van der Waals surface area contributed by atoms with E-state index in [2.05, 4.69) is 0 Å². The van der Waals surface area contributed by atoms with Crippen molar-refractivity contribution in [1.82, 2.24) is 10.0 Å². The van der Waals surface area contributed by atoms with Crippen molar-refractivity contribution in [3.8, 4) is 0 Å². The summed E-state index contributed by atoms with van der Waals surface area (Å²) in [4.78, 5) is 76.1. The van der Waals surface area contributed by atoms with Gasteiger partial charge in [0.1, 0.15) is 0 Å². The number of carbonyl (C=O) groups excluding carboxylic acids is 6. The van der Waals surface area contributed by atoms with Crippen molar-refractivity contribution in [1.29, 1.82) is 0 Å². The highest BCUT2D eigenvalue weighted by Gasteiger charge is 2.32. The Morgan fingerprint density at radius 3 is 0.921 bits per heavy atom. The van der Waals surface area contributed by atoms with Crippen LogP contribution in [-0.2, 0) is 19.2 Å². The maximum atomic E-state index is 13.5. The summed E-state index contributed by atoms with van der Waals surface area (Å²) in [7, 11) is 0. The maximum absolute atomic E-state index is 13.5. The summed E-state index contributed by atoms with van der Waals surface area (Å²) in [5.41, 5.74) is 0.743. The summed E-state index contributed by atoms with van der Waals surface area (Å²) in [5, 5.41) is 3.38. The van der Waals surface area contributed by atoms with Crippen molar-refractivity contribution in [2.75, 3.05) is 10.0 Å². The number of imide groups is 2. The molecule has 0 N–H and O–H groups in total. The molecule has 0 radical (unpaired) electrons. The molecule has 6 amide bonds. The molecule has 0 saturated carbocycles. The predicted molar refractivity (Wildman–Crippen MR) is 139 cm³/mol. The third-order valence-electron chi connectivity index (χ3n) is 5.36. The molecule has 3 aromatic rings. The molecule has 0 bridgehead atoms. The standard InChI is InChI=1S/C28H26N4O6/c1-19(33)29(20(2)34)31(25-11-7-5-8-12-25)27(37)23-15-17-24(18-16-23)28(38)32(26-13-9-6-10-14-26)30(21(3)35)22(4)36/h5-18H,1-4H3. The fraction of sp³-hybridized carbons (Fsp3) is 0.143. The van der Waals surface area contributed by atoms with Gasteiger partial charge in [0.25, 0.3) is 11.8 Å². The van der Waals surface area contributed by atoms with Gasteiger partial charge in [-0.25, -0.2) is 10.0 Å². The molecule has 0 spiro atoms. The minimum Gasteiger partial charge on any atom is -0.273 e. The second-order valence-corrected chi connectivity index (χ2v) is 8.18.